The van der Waals surface area contributed by atoms with Crippen LogP contribution in [0.2, 0.25) is 0 Å². The molecular formula is C14H12N2O3. The van der Waals surface area contributed by atoms with Gasteiger partial charge in [-0.1, -0.05) is 6.08 Å². The minimum absolute atomic E-state index is 0.00887. The molecule has 0 aromatic heterocycles. The molecule has 3 rings (SSSR count). The number of hydrogen-bond acceptors (Lipinski definition) is 3. The summed E-state index contributed by atoms with van der Waals surface area (Å²) in [6.45, 7) is 4.26. The molecule has 5 heteroatoms. The van der Waals surface area contributed by atoms with Gasteiger partial charge in [-0.2, -0.15) is 0 Å². The first-order chi connectivity index (χ1) is 9.10. The predicted molar refractivity (Wildman–Crippen MR) is 68.9 cm³/mol. The van der Waals surface area contributed by atoms with E-state index in [1.165, 1.54) is 0 Å². The minimum atomic E-state index is -0.409. The second-order valence-corrected chi connectivity index (χ2v) is 4.72. The van der Waals surface area contributed by atoms with E-state index < -0.39 is 5.91 Å². The summed E-state index contributed by atoms with van der Waals surface area (Å²) >= 11 is 0. The minimum Gasteiger partial charge on any atom is -0.312 e. The molecule has 2 aliphatic rings. The number of benzene rings is 1. The van der Waals surface area contributed by atoms with Crippen molar-refractivity contribution in [3.05, 3.63) is 42.0 Å². The van der Waals surface area contributed by atoms with Crippen molar-refractivity contribution in [2.75, 3.05) is 11.4 Å². The largest absolute Gasteiger partial charge is 0.312 e. The smallest absolute Gasteiger partial charge is 0.259 e. The van der Waals surface area contributed by atoms with E-state index in [0.717, 1.165) is 0 Å². The van der Waals surface area contributed by atoms with Gasteiger partial charge < -0.3 is 4.90 Å². The highest BCUT2D eigenvalue weighted by Gasteiger charge is 2.32. The number of fused-ring (bicyclic) bond motifs is 1. The first-order valence-corrected chi connectivity index (χ1v) is 6.03. The number of rotatable bonds is 2. The number of anilines is 1. The van der Waals surface area contributed by atoms with Crippen LogP contribution in [0.4, 0.5) is 5.69 Å². The number of carbonyl (C=O) groups excluding carboxylic acids is 3. The summed E-state index contributed by atoms with van der Waals surface area (Å²) in [5.74, 6) is -0.650. The zero-order valence-electron chi connectivity index (χ0n) is 10.2. The molecule has 1 saturated heterocycles. The Morgan fingerprint density at radius 2 is 1.95 bits per heavy atom. The van der Waals surface area contributed by atoms with E-state index in [4.69, 9.17) is 0 Å². The molecule has 5 nitrogen and oxygen atoms in total. The average Bonchev–Trinajstić information content (AvgIpc) is 2.91. The first kappa shape index (κ1) is 11.6. The fourth-order valence-electron chi connectivity index (χ4n) is 2.47. The number of hydrogen-bond donors (Lipinski definition) is 1. The van der Waals surface area contributed by atoms with E-state index in [2.05, 4.69) is 11.9 Å². The van der Waals surface area contributed by atoms with Crippen LogP contribution in [0.25, 0.3) is 0 Å². The summed E-state index contributed by atoms with van der Waals surface area (Å²) < 4.78 is 0. The van der Waals surface area contributed by atoms with Crippen molar-refractivity contribution in [2.24, 2.45) is 5.92 Å². The van der Waals surface area contributed by atoms with Crippen LogP contribution < -0.4 is 10.2 Å². The Labute approximate surface area is 109 Å². The summed E-state index contributed by atoms with van der Waals surface area (Å²) in [7, 11) is 0. The molecule has 1 N–H and O–H groups in total. The lowest BCUT2D eigenvalue weighted by Gasteiger charge is -2.16. The Morgan fingerprint density at radius 3 is 2.63 bits per heavy atom. The van der Waals surface area contributed by atoms with Crippen LogP contribution >= 0.6 is 0 Å². The van der Waals surface area contributed by atoms with Gasteiger partial charge in [-0.3, -0.25) is 19.7 Å². The molecule has 1 atom stereocenters. The molecule has 3 amide bonds. The maximum absolute atomic E-state index is 11.9. The molecule has 0 bridgehead atoms. The normalized spacial score (nSPS) is 21.6. The second-order valence-electron chi connectivity index (χ2n) is 4.72. The molecule has 0 radical (unpaired) electrons. The Hall–Kier alpha value is -2.43. The van der Waals surface area contributed by atoms with E-state index in [0.29, 0.717) is 29.8 Å². The monoisotopic (exact) mass is 256 g/mol. The average molecular weight is 256 g/mol. The maximum Gasteiger partial charge on any atom is 0.259 e. The maximum atomic E-state index is 11.9. The van der Waals surface area contributed by atoms with Crippen LogP contribution in [0.3, 0.4) is 0 Å². The molecule has 1 aromatic rings. The van der Waals surface area contributed by atoms with Gasteiger partial charge in [0.1, 0.15) is 0 Å². The highest BCUT2D eigenvalue weighted by Crippen LogP contribution is 2.28. The van der Waals surface area contributed by atoms with Crippen LogP contribution in [0.5, 0.6) is 0 Å². The van der Waals surface area contributed by atoms with Crippen molar-refractivity contribution in [2.45, 2.75) is 6.42 Å². The van der Waals surface area contributed by atoms with Crippen molar-refractivity contribution in [1.82, 2.24) is 5.32 Å². The number of carbonyl (C=O) groups is 3. The van der Waals surface area contributed by atoms with E-state index in [1.807, 2.05) is 0 Å². The third-order valence-electron chi connectivity index (χ3n) is 3.52. The van der Waals surface area contributed by atoms with Gasteiger partial charge in [0.25, 0.3) is 11.8 Å². The molecule has 19 heavy (non-hydrogen) atoms. The first-order valence-electron chi connectivity index (χ1n) is 6.03. The van der Waals surface area contributed by atoms with E-state index in [1.54, 1.807) is 29.2 Å². The summed E-state index contributed by atoms with van der Waals surface area (Å²) in [4.78, 5) is 36.6. The Morgan fingerprint density at radius 1 is 1.21 bits per heavy atom. The number of nitrogens with zero attached hydrogens (tertiary/aromatic N) is 1. The van der Waals surface area contributed by atoms with Crippen LogP contribution in [-0.2, 0) is 4.79 Å². The Bertz CT molecular complexity index is 621. The molecular weight excluding hydrogens is 244 g/mol. The molecule has 2 aliphatic heterocycles. The number of imide groups is 1. The summed E-state index contributed by atoms with van der Waals surface area (Å²) in [6.07, 6.45) is 2.20. The van der Waals surface area contributed by atoms with Gasteiger partial charge in [-0.25, -0.2) is 0 Å². The van der Waals surface area contributed by atoms with Crippen molar-refractivity contribution < 1.29 is 14.4 Å². The van der Waals surface area contributed by atoms with Gasteiger partial charge in [0.2, 0.25) is 5.91 Å². The third kappa shape index (κ3) is 1.74. The summed E-state index contributed by atoms with van der Waals surface area (Å²) in [5.41, 5.74) is 1.34. The fourth-order valence-corrected chi connectivity index (χ4v) is 2.47. The lowest BCUT2D eigenvalue weighted by atomic mass is 10.1. The fraction of sp³-hybridized carbons (Fsp3) is 0.214. The Balaban J connectivity index is 1.98. The Kier molecular flexibility index (Phi) is 2.48. The topological polar surface area (TPSA) is 66.5 Å². The zero-order valence-corrected chi connectivity index (χ0v) is 10.2. The van der Waals surface area contributed by atoms with Gasteiger partial charge in [-0.05, 0) is 18.2 Å². The molecule has 1 unspecified atom stereocenters. The van der Waals surface area contributed by atoms with Gasteiger partial charge in [0, 0.05) is 24.6 Å². The quantitative estimate of drug-likeness (QED) is 0.636. The summed E-state index contributed by atoms with van der Waals surface area (Å²) in [5, 5.41) is 2.23. The molecule has 96 valence electrons. The predicted octanol–water partition coefficient (Wildman–Crippen LogP) is 1.11. The van der Waals surface area contributed by atoms with Crippen LogP contribution in [0.1, 0.15) is 27.1 Å². The molecule has 1 fully saturated rings. The van der Waals surface area contributed by atoms with Crippen molar-refractivity contribution in [3.63, 3.8) is 0 Å². The standard InChI is InChI=1S/C14H12N2O3/c1-2-8-5-12(17)16(7-8)9-3-4-10-11(6-9)14(19)15-13(10)18/h2-4,6,8H,1,5,7H2,(H,15,18,19). The third-order valence-corrected chi connectivity index (χ3v) is 3.52. The van der Waals surface area contributed by atoms with Crippen LogP contribution in [0, 0.1) is 5.92 Å². The van der Waals surface area contributed by atoms with Gasteiger partial charge >= 0.3 is 0 Å². The molecule has 1 aromatic carbocycles. The SMILES string of the molecule is C=CC1CC(=O)N(c2ccc3c(c2)C(=O)NC3=O)C1. The second kappa shape index (κ2) is 4.05. The van der Waals surface area contributed by atoms with E-state index >= 15 is 0 Å². The number of nitrogens with one attached hydrogen (secondary N) is 1. The van der Waals surface area contributed by atoms with E-state index in [-0.39, 0.29) is 17.7 Å². The van der Waals surface area contributed by atoms with Crippen LogP contribution in [-0.4, -0.2) is 24.3 Å². The van der Waals surface area contributed by atoms with E-state index in [9.17, 15) is 14.4 Å². The van der Waals surface area contributed by atoms with Crippen molar-refractivity contribution in [1.29, 1.82) is 0 Å². The number of amides is 3. The zero-order chi connectivity index (χ0) is 13.6. The highest BCUT2D eigenvalue weighted by atomic mass is 16.2. The van der Waals surface area contributed by atoms with Gasteiger partial charge in [0.15, 0.2) is 0 Å². The lowest BCUT2D eigenvalue weighted by molar-refractivity contribution is -0.117. The van der Waals surface area contributed by atoms with Gasteiger partial charge in [0.05, 0.1) is 11.1 Å². The van der Waals surface area contributed by atoms with Crippen molar-refractivity contribution >= 4 is 23.4 Å². The van der Waals surface area contributed by atoms with Crippen molar-refractivity contribution in [3.8, 4) is 0 Å². The highest BCUT2D eigenvalue weighted by molar-refractivity contribution is 6.22. The molecule has 0 aliphatic carbocycles. The molecule has 0 spiro atoms. The van der Waals surface area contributed by atoms with Gasteiger partial charge in [-0.15, -0.1) is 6.58 Å². The molecule has 0 saturated carbocycles. The van der Waals surface area contributed by atoms with Crippen LogP contribution in [0.15, 0.2) is 30.9 Å². The molecule has 2 heterocycles. The summed E-state index contributed by atoms with van der Waals surface area (Å²) in [6, 6.07) is 4.87. The lowest BCUT2D eigenvalue weighted by Crippen LogP contribution is -2.24.